The predicted octanol–water partition coefficient (Wildman–Crippen LogP) is 2.48. The van der Waals surface area contributed by atoms with Gasteiger partial charge in [-0.3, -0.25) is 4.79 Å². The van der Waals surface area contributed by atoms with E-state index in [0.717, 1.165) is 5.56 Å². The molecule has 0 saturated heterocycles. The van der Waals surface area contributed by atoms with Crippen LogP contribution >= 0.6 is 0 Å². The van der Waals surface area contributed by atoms with Crippen molar-refractivity contribution in [3.8, 4) is 0 Å². The fourth-order valence-electron chi connectivity index (χ4n) is 3.01. The fourth-order valence-corrected chi connectivity index (χ4v) is 3.01. The quantitative estimate of drug-likeness (QED) is 0.901. The van der Waals surface area contributed by atoms with E-state index in [1.807, 2.05) is 0 Å². The first-order valence-corrected chi connectivity index (χ1v) is 7.03. The van der Waals surface area contributed by atoms with Gasteiger partial charge in [-0.15, -0.1) is 0 Å². The Kier molecular flexibility index (Phi) is 3.24. The summed E-state index contributed by atoms with van der Waals surface area (Å²) in [7, 11) is 0. The van der Waals surface area contributed by atoms with Gasteiger partial charge in [0.05, 0.1) is 6.04 Å². The molecule has 2 aliphatic rings. The lowest BCUT2D eigenvalue weighted by molar-refractivity contribution is -0.216. The van der Waals surface area contributed by atoms with Crippen molar-refractivity contribution in [3.63, 3.8) is 0 Å². The molecule has 21 heavy (non-hydrogen) atoms. The summed E-state index contributed by atoms with van der Waals surface area (Å²) < 4.78 is 41.3. The van der Waals surface area contributed by atoms with Crippen LogP contribution in [0.25, 0.3) is 0 Å². The van der Waals surface area contributed by atoms with Gasteiger partial charge in [0.2, 0.25) is 0 Å². The number of fused-ring (bicyclic) bond motifs is 1. The Morgan fingerprint density at radius 2 is 2.10 bits per heavy atom. The summed E-state index contributed by atoms with van der Waals surface area (Å²) >= 11 is 0. The summed E-state index contributed by atoms with van der Waals surface area (Å²) in [6, 6.07) is 3.56. The van der Waals surface area contributed by atoms with Gasteiger partial charge in [0.25, 0.3) is 5.91 Å². The molecule has 0 spiro atoms. The minimum absolute atomic E-state index is 0.0801. The van der Waals surface area contributed by atoms with Crippen molar-refractivity contribution in [1.82, 2.24) is 5.32 Å². The highest BCUT2D eigenvalue weighted by Crippen LogP contribution is 2.45. The molecule has 1 fully saturated rings. The Bertz CT molecular complexity index is 584. The number of hydrogen-bond donors (Lipinski definition) is 2. The van der Waals surface area contributed by atoms with Gasteiger partial charge in [-0.25, -0.2) is 4.39 Å². The molecule has 3 nitrogen and oxygen atoms in total. The smallest absolute Gasteiger partial charge is 0.352 e. The van der Waals surface area contributed by atoms with E-state index < -0.39 is 29.3 Å². The SMILES string of the molecule is O=C(NC1CCc2ccc(F)cc21)C(F)(F)C1(O)CCC1. The van der Waals surface area contributed by atoms with Crippen LogP contribution in [0.2, 0.25) is 0 Å². The first kappa shape index (κ1) is 14.4. The second kappa shape index (κ2) is 4.73. The Hall–Kier alpha value is -1.56. The highest BCUT2D eigenvalue weighted by atomic mass is 19.3. The van der Waals surface area contributed by atoms with E-state index in [1.165, 1.54) is 12.1 Å². The van der Waals surface area contributed by atoms with Crippen LogP contribution < -0.4 is 5.32 Å². The lowest BCUT2D eigenvalue weighted by Crippen LogP contribution is -2.60. The molecule has 2 aliphatic carbocycles. The number of benzene rings is 1. The zero-order valence-electron chi connectivity index (χ0n) is 11.3. The Morgan fingerprint density at radius 3 is 2.71 bits per heavy atom. The summed E-state index contributed by atoms with van der Waals surface area (Å²) in [5.41, 5.74) is -0.840. The van der Waals surface area contributed by atoms with Gasteiger partial charge >= 0.3 is 5.92 Å². The monoisotopic (exact) mass is 299 g/mol. The van der Waals surface area contributed by atoms with E-state index in [4.69, 9.17) is 0 Å². The van der Waals surface area contributed by atoms with Gasteiger partial charge < -0.3 is 10.4 Å². The van der Waals surface area contributed by atoms with Crippen molar-refractivity contribution < 1.29 is 23.1 Å². The molecule has 1 amide bonds. The summed E-state index contributed by atoms with van der Waals surface area (Å²) in [4.78, 5) is 11.8. The van der Waals surface area contributed by atoms with E-state index in [1.54, 1.807) is 6.07 Å². The molecule has 1 saturated carbocycles. The second-order valence-electron chi connectivity index (χ2n) is 5.87. The first-order chi connectivity index (χ1) is 9.83. The molecule has 0 aliphatic heterocycles. The van der Waals surface area contributed by atoms with E-state index in [2.05, 4.69) is 5.32 Å². The van der Waals surface area contributed by atoms with Gasteiger partial charge in [-0.2, -0.15) is 8.78 Å². The third-order valence-corrected chi connectivity index (χ3v) is 4.54. The molecule has 1 atom stereocenters. The normalized spacial score (nSPS) is 23.3. The maximum Gasteiger partial charge on any atom is 0.352 e. The Morgan fingerprint density at radius 1 is 1.38 bits per heavy atom. The molecule has 0 aromatic heterocycles. The van der Waals surface area contributed by atoms with Gasteiger partial charge in [-0.1, -0.05) is 6.07 Å². The molecule has 0 radical (unpaired) electrons. The summed E-state index contributed by atoms with van der Waals surface area (Å²) in [6.07, 6.45) is 1.39. The molecular formula is C15H16F3NO2. The van der Waals surface area contributed by atoms with Gasteiger partial charge in [-0.05, 0) is 55.4 Å². The number of amides is 1. The maximum absolute atomic E-state index is 14.0. The second-order valence-corrected chi connectivity index (χ2v) is 5.87. The third kappa shape index (κ3) is 2.21. The van der Waals surface area contributed by atoms with Crippen molar-refractivity contribution in [1.29, 1.82) is 0 Å². The van der Waals surface area contributed by atoms with Crippen LogP contribution in [0.1, 0.15) is 42.9 Å². The largest absolute Gasteiger partial charge is 0.383 e. The van der Waals surface area contributed by atoms with Crippen LogP contribution in [-0.2, 0) is 11.2 Å². The first-order valence-electron chi connectivity index (χ1n) is 7.03. The van der Waals surface area contributed by atoms with Crippen LogP contribution in [0, 0.1) is 5.82 Å². The average Bonchev–Trinajstić information content (AvgIpc) is 2.78. The minimum atomic E-state index is -3.82. The van der Waals surface area contributed by atoms with E-state index in [9.17, 15) is 23.1 Å². The number of carbonyl (C=O) groups excluding carboxylic acids is 1. The van der Waals surface area contributed by atoms with Crippen molar-refractivity contribution in [3.05, 3.63) is 35.1 Å². The molecule has 2 N–H and O–H groups in total. The van der Waals surface area contributed by atoms with Crippen molar-refractivity contribution in [2.45, 2.75) is 49.7 Å². The molecule has 1 aromatic rings. The number of nitrogens with one attached hydrogen (secondary N) is 1. The topological polar surface area (TPSA) is 49.3 Å². The Labute approximate surface area is 120 Å². The highest BCUT2D eigenvalue weighted by Gasteiger charge is 2.61. The Balaban J connectivity index is 1.77. The highest BCUT2D eigenvalue weighted by molar-refractivity contribution is 5.85. The average molecular weight is 299 g/mol. The van der Waals surface area contributed by atoms with Crippen LogP contribution in [-0.4, -0.2) is 22.5 Å². The standard InChI is InChI=1S/C15H16F3NO2/c16-10-4-2-9-3-5-12(11(9)8-10)19-13(20)15(17,18)14(21)6-1-7-14/h2,4,8,12,21H,1,3,5-7H2,(H,19,20). The van der Waals surface area contributed by atoms with Gasteiger partial charge in [0, 0.05) is 0 Å². The fraction of sp³-hybridized carbons (Fsp3) is 0.533. The summed E-state index contributed by atoms with van der Waals surface area (Å²) in [6.45, 7) is 0. The number of hydrogen-bond acceptors (Lipinski definition) is 2. The lowest BCUT2D eigenvalue weighted by atomic mass is 9.75. The predicted molar refractivity (Wildman–Crippen MR) is 69.4 cm³/mol. The number of aryl methyl sites for hydroxylation is 1. The van der Waals surface area contributed by atoms with Crippen molar-refractivity contribution in [2.24, 2.45) is 0 Å². The van der Waals surface area contributed by atoms with Gasteiger partial charge in [0.15, 0.2) is 0 Å². The number of carbonyl (C=O) groups is 1. The number of alkyl halides is 2. The van der Waals surface area contributed by atoms with Crippen molar-refractivity contribution in [2.75, 3.05) is 0 Å². The van der Waals surface area contributed by atoms with Crippen LogP contribution in [0.15, 0.2) is 18.2 Å². The lowest BCUT2D eigenvalue weighted by Gasteiger charge is -2.41. The zero-order chi connectivity index (χ0) is 15.3. The number of rotatable bonds is 3. The number of halogens is 3. The van der Waals surface area contributed by atoms with E-state index in [-0.39, 0.29) is 12.8 Å². The molecule has 0 heterocycles. The van der Waals surface area contributed by atoms with Crippen molar-refractivity contribution >= 4 is 5.91 Å². The molecule has 3 rings (SSSR count). The molecule has 6 heteroatoms. The van der Waals surface area contributed by atoms with Crippen LogP contribution in [0.4, 0.5) is 13.2 Å². The minimum Gasteiger partial charge on any atom is -0.383 e. The van der Waals surface area contributed by atoms with Crippen LogP contribution in [0.3, 0.4) is 0 Å². The summed E-state index contributed by atoms with van der Waals surface area (Å²) in [5.74, 6) is -5.76. The number of aliphatic hydroxyl groups is 1. The molecule has 114 valence electrons. The molecule has 1 unspecified atom stereocenters. The van der Waals surface area contributed by atoms with E-state index in [0.29, 0.717) is 24.8 Å². The molecule has 1 aromatic carbocycles. The molecule has 0 bridgehead atoms. The van der Waals surface area contributed by atoms with E-state index >= 15 is 0 Å². The van der Waals surface area contributed by atoms with Crippen LogP contribution in [0.5, 0.6) is 0 Å². The molecular weight excluding hydrogens is 283 g/mol. The van der Waals surface area contributed by atoms with Gasteiger partial charge in [0.1, 0.15) is 11.4 Å². The maximum atomic E-state index is 14.0. The third-order valence-electron chi connectivity index (χ3n) is 4.54. The zero-order valence-corrected chi connectivity index (χ0v) is 11.3. The summed E-state index contributed by atoms with van der Waals surface area (Å²) in [5, 5.41) is 12.0.